The van der Waals surface area contributed by atoms with Gasteiger partial charge in [0.25, 0.3) is 6.08 Å². The first kappa shape index (κ1) is 8.34. The fraction of sp³-hybridized carbons (Fsp3) is 0.429. The molecule has 9 heavy (non-hydrogen) atoms. The van der Waals surface area contributed by atoms with Gasteiger partial charge in [0.2, 0.25) is 0 Å². The predicted molar refractivity (Wildman–Crippen MR) is 34.3 cm³/mol. The number of allylic oxidation sites excluding steroid dienone is 3. The van der Waals surface area contributed by atoms with Crippen LogP contribution < -0.4 is 0 Å². The van der Waals surface area contributed by atoms with Crippen molar-refractivity contribution in [1.82, 2.24) is 0 Å². The SMILES string of the molecule is CCCC=CC=C(F)F. The van der Waals surface area contributed by atoms with Crippen molar-refractivity contribution in [2.24, 2.45) is 0 Å². The summed E-state index contributed by atoms with van der Waals surface area (Å²) in [5.41, 5.74) is 0. The highest BCUT2D eigenvalue weighted by molar-refractivity contribution is 5.02. The Hall–Kier alpha value is -0.660. The lowest BCUT2D eigenvalue weighted by Gasteiger charge is -1.79. The standard InChI is InChI=1S/C7H10F2/c1-2-3-4-5-6-7(8)9/h4-6H,2-3H2,1H3. The molecule has 0 radical (unpaired) electrons. The Kier molecular flexibility index (Phi) is 5.07. The van der Waals surface area contributed by atoms with Crippen LogP contribution in [0.25, 0.3) is 0 Å². The van der Waals surface area contributed by atoms with Crippen molar-refractivity contribution in [3.05, 3.63) is 24.3 Å². The van der Waals surface area contributed by atoms with Gasteiger partial charge >= 0.3 is 0 Å². The second kappa shape index (κ2) is 5.48. The van der Waals surface area contributed by atoms with E-state index in [1.165, 1.54) is 6.08 Å². The molecule has 0 heterocycles. The Labute approximate surface area is 53.9 Å². The zero-order valence-corrected chi connectivity index (χ0v) is 5.40. The molecular formula is C7H10F2. The van der Waals surface area contributed by atoms with Crippen LogP contribution in [0.4, 0.5) is 8.78 Å². The van der Waals surface area contributed by atoms with Gasteiger partial charge in [-0.05, 0) is 6.42 Å². The molecule has 0 aliphatic carbocycles. The Morgan fingerprint density at radius 1 is 1.44 bits per heavy atom. The van der Waals surface area contributed by atoms with Gasteiger partial charge in [-0.15, -0.1) is 0 Å². The van der Waals surface area contributed by atoms with Crippen molar-refractivity contribution in [1.29, 1.82) is 0 Å². The highest BCUT2D eigenvalue weighted by Crippen LogP contribution is 1.97. The minimum atomic E-state index is -1.64. The van der Waals surface area contributed by atoms with Crippen LogP contribution in [-0.2, 0) is 0 Å². The Balaban J connectivity index is 3.35. The summed E-state index contributed by atoms with van der Waals surface area (Å²) < 4.78 is 22.5. The molecule has 0 aliphatic heterocycles. The third-order valence-electron chi connectivity index (χ3n) is 0.814. The van der Waals surface area contributed by atoms with Gasteiger partial charge in [-0.3, -0.25) is 0 Å². The highest BCUT2D eigenvalue weighted by atomic mass is 19.3. The summed E-state index contributed by atoms with van der Waals surface area (Å²) in [6, 6.07) is 0. The van der Waals surface area contributed by atoms with E-state index in [9.17, 15) is 8.78 Å². The van der Waals surface area contributed by atoms with Crippen molar-refractivity contribution in [2.75, 3.05) is 0 Å². The number of unbranched alkanes of at least 4 members (excludes halogenated alkanes) is 1. The second-order valence-electron chi connectivity index (χ2n) is 1.67. The van der Waals surface area contributed by atoms with Gasteiger partial charge in [-0.1, -0.05) is 25.5 Å². The molecule has 0 nitrogen and oxygen atoms in total. The molecule has 0 aromatic rings. The minimum absolute atomic E-state index is 0.801. The van der Waals surface area contributed by atoms with Gasteiger partial charge in [0.05, 0.1) is 0 Å². The monoisotopic (exact) mass is 132 g/mol. The van der Waals surface area contributed by atoms with E-state index in [0.717, 1.165) is 18.9 Å². The fourth-order valence-electron chi connectivity index (χ4n) is 0.404. The fourth-order valence-corrected chi connectivity index (χ4v) is 0.404. The molecule has 0 rings (SSSR count). The summed E-state index contributed by atoms with van der Waals surface area (Å²) in [5.74, 6) is 0. The maximum atomic E-state index is 11.3. The maximum absolute atomic E-state index is 11.3. The van der Waals surface area contributed by atoms with Crippen LogP contribution in [0.5, 0.6) is 0 Å². The lowest BCUT2D eigenvalue weighted by atomic mass is 10.3. The average molecular weight is 132 g/mol. The van der Waals surface area contributed by atoms with Crippen LogP contribution >= 0.6 is 0 Å². The van der Waals surface area contributed by atoms with Crippen LogP contribution in [0.15, 0.2) is 24.3 Å². The normalized spacial score (nSPS) is 10.1. The third-order valence-corrected chi connectivity index (χ3v) is 0.814. The molecule has 0 saturated carbocycles. The first-order valence-electron chi connectivity index (χ1n) is 2.95. The molecule has 0 atom stereocenters. The second-order valence-corrected chi connectivity index (χ2v) is 1.67. The van der Waals surface area contributed by atoms with E-state index in [-0.39, 0.29) is 0 Å². The van der Waals surface area contributed by atoms with Gasteiger partial charge in [0.1, 0.15) is 0 Å². The molecule has 0 aromatic heterocycles. The van der Waals surface area contributed by atoms with Crippen LogP contribution in [0.3, 0.4) is 0 Å². The van der Waals surface area contributed by atoms with Gasteiger partial charge in [-0.2, -0.15) is 8.78 Å². The molecule has 52 valence electrons. The smallest absolute Gasteiger partial charge is 0.173 e. The van der Waals surface area contributed by atoms with E-state index < -0.39 is 6.08 Å². The molecule has 0 N–H and O–H groups in total. The van der Waals surface area contributed by atoms with Crippen molar-refractivity contribution >= 4 is 0 Å². The van der Waals surface area contributed by atoms with Gasteiger partial charge in [0, 0.05) is 6.08 Å². The molecule has 0 bridgehead atoms. The van der Waals surface area contributed by atoms with Crippen LogP contribution in [0.2, 0.25) is 0 Å². The van der Waals surface area contributed by atoms with Crippen molar-refractivity contribution < 1.29 is 8.78 Å². The van der Waals surface area contributed by atoms with Gasteiger partial charge < -0.3 is 0 Å². The van der Waals surface area contributed by atoms with Crippen LogP contribution in [0.1, 0.15) is 19.8 Å². The third kappa shape index (κ3) is 7.34. The average Bonchev–Trinajstić information content (AvgIpc) is 1.80. The van der Waals surface area contributed by atoms with E-state index in [2.05, 4.69) is 0 Å². The molecule has 0 aliphatic rings. The highest BCUT2D eigenvalue weighted by Gasteiger charge is 1.79. The number of hydrogen-bond donors (Lipinski definition) is 0. The summed E-state index contributed by atoms with van der Waals surface area (Å²) in [4.78, 5) is 0. The summed E-state index contributed by atoms with van der Waals surface area (Å²) in [7, 11) is 0. The topological polar surface area (TPSA) is 0 Å². The molecule has 0 amide bonds. The molecule has 0 fully saturated rings. The first-order valence-corrected chi connectivity index (χ1v) is 2.95. The lowest BCUT2D eigenvalue weighted by molar-refractivity contribution is 0.422. The number of hydrogen-bond acceptors (Lipinski definition) is 0. The predicted octanol–water partition coefficient (Wildman–Crippen LogP) is 3.12. The molecule has 0 unspecified atom stereocenters. The van der Waals surface area contributed by atoms with E-state index >= 15 is 0 Å². The van der Waals surface area contributed by atoms with Crippen LogP contribution in [-0.4, -0.2) is 0 Å². The maximum Gasteiger partial charge on any atom is 0.270 e. The number of rotatable bonds is 3. The van der Waals surface area contributed by atoms with Crippen LogP contribution in [0, 0.1) is 0 Å². The first-order chi connectivity index (χ1) is 4.27. The van der Waals surface area contributed by atoms with Crippen molar-refractivity contribution in [3.63, 3.8) is 0 Å². The summed E-state index contributed by atoms with van der Waals surface area (Å²) in [5, 5.41) is 0. The molecular weight excluding hydrogens is 122 g/mol. The van der Waals surface area contributed by atoms with Gasteiger partial charge in [0.15, 0.2) is 0 Å². The lowest BCUT2D eigenvalue weighted by Crippen LogP contribution is -1.59. The quantitative estimate of drug-likeness (QED) is 0.517. The summed E-state index contributed by atoms with van der Waals surface area (Å²) in [6.45, 7) is 2.00. The Morgan fingerprint density at radius 3 is 2.56 bits per heavy atom. The Morgan fingerprint density at radius 2 is 2.11 bits per heavy atom. The van der Waals surface area contributed by atoms with Gasteiger partial charge in [-0.25, -0.2) is 0 Å². The minimum Gasteiger partial charge on any atom is -0.173 e. The Bertz CT molecular complexity index is 110. The van der Waals surface area contributed by atoms with E-state index in [1.54, 1.807) is 6.08 Å². The molecule has 0 aromatic carbocycles. The largest absolute Gasteiger partial charge is 0.270 e. The summed E-state index contributed by atoms with van der Waals surface area (Å²) in [6.07, 6.45) is 4.12. The molecule has 0 saturated heterocycles. The summed E-state index contributed by atoms with van der Waals surface area (Å²) >= 11 is 0. The van der Waals surface area contributed by atoms with Crippen molar-refractivity contribution in [3.8, 4) is 0 Å². The zero-order valence-electron chi connectivity index (χ0n) is 5.40. The molecule has 0 spiro atoms. The van der Waals surface area contributed by atoms with Crippen molar-refractivity contribution in [2.45, 2.75) is 19.8 Å². The molecule has 2 heteroatoms. The zero-order chi connectivity index (χ0) is 7.11. The van der Waals surface area contributed by atoms with E-state index in [1.807, 2.05) is 6.92 Å². The van der Waals surface area contributed by atoms with E-state index in [0.29, 0.717) is 0 Å². The van der Waals surface area contributed by atoms with E-state index in [4.69, 9.17) is 0 Å². The number of halogens is 2.